The number of hydrogen-bond acceptors (Lipinski definition) is 4. The van der Waals surface area contributed by atoms with Gasteiger partial charge in [-0.05, 0) is 17.5 Å². The highest BCUT2D eigenvalue weighted by Gasteiger charge is 2.25. The summed E-state index contributed by atoms with van der Waals surface area (Å²) in [6.45, 7) is 0. The molecule has 2 aromatic carbocycles. The van der Waals surface area contributed by atoms with Gasteiger partial charge in [0.15, 0.2) is 0 Å². The molecule has 0 spiro atoms. The average Bonchev–Trinajstić information content (AvgIpc) is 2.54. The Kier molecular flexibility index (Phi) is 4.85. The monoisotopic (exact) mass is 284 g/mol. The standard InChI is InChI=1S/C17H16O4/c1-21-17(20)16(19)15(18)14-9-7-13(8-10-14)11-12-5-3-2-4-6-12/h2-10,16,19H,11H2,1H3. The predicted octanol–water partition coefficient (Wildman–Crippen LogP) is 1.99. The van der Waals surface area contributed by atoms with Crippen LogP contribution in [0, 0.1) is 0 Å². The Morgan fingerprint density at radius 3 is 2.14 bits per heavy atom. The van der Waals surface area contributed by atoms with Crippen LogP contribution in [0.5, 0.6) is 0 Å². The highest BCUT2D eigenvalue weighted by molar-refractivity contribution is 6.10. The molecular weight excluding hydrogens is 268 g/mol. The number of methoxy groups -OCH3 is 1. The van der Waals surface area contributed by atoms with Crippen molar-refractivity contribution in [2.75, 3.05) is 7.11 Å². The first kappa shape index (κ1) is 14.9. The van der Waals surface area contributed by atoms with Gasteiger partial charge in [-0.25, -0.2) is 4.79 Å². The minimum absolute atomic E-state index is 0.282. The molecule has 1 N–H and O–H groups in total. The Morgan fingerprint density at radius 1 is 1.00 bits per heavy atom. The van der Waals surface area contributed by atoms with Crippen LogP contribution in [0.25, 0.3) is 0 Å². The molecule has 0 radical (unpaired) electrons. The highest BCUT2D eigenvalue weighted by Crippen LogP contribution is 2.12. The molecule has 0 bridgehead atoms. The van der Waals surface area contributed by atoms with E-state index < -0.39 is 17.9 Å². The minimum atomic E-state index is -1.77. The van der Waals surface area contributed by atoms with Gasteiger partial charge in [0.1, 0.15) is 0 Å². The highest BCUT2D eigenvalue weighted by atomic mass is 16.5. The number of carbonyl (C=O) groups excluding carboxylic acids is 2. The number of aliphatic hydroxyl groups is 1. The number of Topliss-reactive ketones (excluding diaryl/α,β-unsaturated/α-hetero) is 1. The molecule has 0 aliphatic carbocycles. The van der Waals surface area contributed by atoms with Gasteiger partial charge < -0.3 is 9.84 Å². The summed E-state index contributed by atoms with van der Waals surface area (Å²) in [5.41, 5.74) is 2.50. The van der Waals surface area contributed by atoms with E-state index in [-0.39, 0.29) is 5.56 Å². The number of benzene rings is 2. The third-order valence-electron chi connectivity index (χ3n) is 3.16. The van der Waals surface area contributed by atoms with Crippen molar-refractivity contribution < 1.29 is 19.4 Å². The molecule has 4 nitrogen and oxygen atoms in total. The topological polar surface area (TPSA) is 63.6 Å². The molecule has 1 atom stereocenters. The summed E-state index contributed by atoms with van der Waals surface area (Å²) >= 11 is 0. The SMILES string of the molecule is COC(=O)C(O)C(=O)c1ccc(Cc2ccccc2)cc1. The maximum Gasteiger partial charge on any atom is 0.342 e. The zero-order valence-electron chi connectivity index (χ0n) is 11.7. The zero-order chi connectivity index (χ0) is 15.2. The molecule has 0 aliphatic heterocycles. The third-order valence-corrected chi connectivity index (χ3v) is 3.16. The van der Waals surface area contributed by atoms with Gasteiger partial charge in [0.25, 0.3) is 0 Å². The molecule has 0 aromatic heterocycles. The predicted molar refractivity (Wildman–Crippen MR) is 78.0 cm³/mol. The van der Waals surface area contributed by atoms with Crippen LogP contribution in [0.15, 0.2) is 54.6 Å². The van der Waals surface area contributed by atoms with E-state index in [1.54, 1.807) is 12.1 Å². The Bertz CT molecular complexity index is 617. The van der Waals surface area contributed by atoms with E-state index in [1.165, 1.54) is 5.56 Å². The maximum absolute atomic E-state index is 11.9. The minimum Gasteiger partial charge on any atom is -0.467 e. The first-order valence-electron chi connectivity index (χ1n) is 6.55. The summed E-state index contributed by atoms with van der Waals surface area (Å²) in [5, 5.41) is 9.52. The normalized spacial score (nSPS) is 11.7. The fourth-order valence-electron chi connectivity index (χ4n) is 1.99. The van der Waals surface area contributed by atoms with Crippen LogP contribution < -0.4 is 0 Å². The van der Waals surface area contributed by atoms with Crippen LogP contribution in [0.4, 0.5) is 0 Å². The quantitative estimate of drug-likeness (QED) is 0.518. The van der Waals surface area contributed by atoms with Crippen LogP contribution in [-0.2, 0) is 16.0 Å². The molecule has 21 heavy (non-hydrogen) atoms. The van der Waals surface area contributed by atoms with Crippen LogP contribution in [0.2, 0.25) is 0 Å². The smallest absolute Gasteiger partial charge is 0.342 e. The van der Waals surface area contributed by atoms with Crippen molar-refractivity contribution >= 4 is 11.8 Å². The number of aliphatic hydroxyl groups excluding tert-OH is 1. The van der Waals surface area contributed by atoms with Crippen molar-refractivity contribution in [1.82, 2.24) is 0 Å². The fraction of sp³-hybridized carbons (Fsp3) is 0.176. The molecule has 4 heteroatoms. The van der Waals surface area contributed by atoms with E-state index in [4.69, 9.17) is 0 Å². The first-order chi connectivity index (χ1) is 10.1. The van der Waals surface area contributed by atoms with E-state index in [0.29, 0.717) is 0 Å². The Hall–Kier alpha value is -2.46. The second-order valence-corrected chi connectivity index (χ2v) is 4.65. The van der Waals surface area contributed by atoms with Crippen LogP contribution in [-0.4, -0.2) is 30.1 Å². The average molecular weight is 284 g/mol. The number of rotatable bonds is 5. The van der Waals surface area contributed by atoms with Crippen LogP contribution in [0.1, 0.15) is 21.5 Å². The fourth-order valence-corrected chi connectivity index (χ4v) is 1.99. The Labute approximate surface area is 123 Å². The zero-order valence-corrected chi connectivity index (χ0v) is 11.7. The number of esters is 1. The lowest BCUT2D eigenvalue weighted by Crippen LogP contribution is -2.30. The summed E-state index contributed by atoms with van der Waals surface area (Å²) in [6, 6.07) is 16.8. The van der Waals surface area contributed by atoms with Gasteiger partial charge in [0.05, 0.1) is 7.11 Å². The molecular formula is C17H16O4. The summed E-state index contributed by atoms with van der Waals surface area (Å²) in [5.74, 6) is -1.61. The summed E-state index contributed by atoms with van der Waals surface area (Å²) in [4.78, 5) is 23.0. The molecule has 2 rings (SSSR count). The van der Waals surface area contributed by atoms with Gasteiger partial charge in [-0.1, -0.05) is 54.6 Å². The molecule has 0 amide bonds. The van der Waals surface area contributed by atoms with Gasteiger partial charge in [-0.2, -0.15) is 0 Å². The largest absolute Gasteiger partial charge is 0.467 e. The molecule has 0 saturated carbocycles. The molecule has 1 unspecified atom stereocenters. The van der Waals surface area contributed by atoms with Crippen molar-refractivity contribution in [3.05, 3.63) is 71.3 Å². The lowest BCUT2D eigenvalue weighted by Gasteiger charge is -2.08. The maximum atomic E-state index is 11.9. The van der Waals surface area contributed by atoms with Crippen LogP contribution >= 0.6 is 0 Å². The molecule has 0 saturated heterocycles. The number of carbonyl (C=O) groups is 2. The van der Waals surface area contributed by atoms with Crippen molar-refractivity contribution in [2.24, 2.45) is 0 Å². The van der Waals surface area contributed by atoms with Crippen molar-refractivity contribution in [3.8, 4) is 0 Å². The van der Waals surface area contributed by atoms with Gasteiger partial charge in [0.2, 0.25) is 11.9 Å². The lowest BCUT2D eigenvalue weighted by atomic mass is 10.0. The van der Waals surface area contributed by atoms with E-state index in [1.807, 2.05) is 42.5 Å². The Balaban J connectivity index is 2.08. The van der Waals surface area contributed by atoms with Crippen molar-refractivity contribution in [2.45, 2.75) is 12.5 Å². The van der Waals surface area contributed by atoms with Gasteiger partial charge in [0, 0.05) is 5.56 Å². The third kappa shape index (κ3) is 3.77. The van der Waals surface area contributed by atoms with E-state index in [2.05, 4.69) is 4.74 Å². The van der Waals surface area contributed by atoms with Crippen molar-refractivity contribution in [3.63, 3.8) is 0 Å². The van der Waals surface area contributed by atoms with Gasteiger partial charge in [-0.3, -0.25) is 4.79 Å². The summed E-state index contributed by atoms with van der Waals surface area (Å²) < 4.78 is 4.35. The van der Waals surface area contributed by atoms with Crippen molar-refractivity contribution in [1.29, 1.82) is 0 Å². The van der Waals surface area contributed by atoms with Gasteiger partial charge >= 0.3 is 5.97 Å². The van der Waals surface area contributed by atoms with E-state index in [0.717, 1.165) is 19.1 Å². The molecule has 0 fully saturated rings. The Morgan fingerprint density at radius 2 is 1.57 bits per heavy atom. The second kappa shape index (κ2) is 6.81. The van der Waals surface area contributed by atoms with Gasteiger partial charge in [-0.15, -0.1) is 0 Å². The van der Waals surface area contributed by atoms with E-state index in [9.17, 15) is 14.7 Å². The summed E-state index contributed by atoms with van der Waals surface area (Å²) in [7, 11) is 1.13. The molecule has 0 aliphatic rings. The summed E-state index contributed by atoms with van der Waals surface area (Å²) in [6.07, 6.45) is -1.01. The molecule has 108 valence electrons. The number of ether oxygens (including phenoxy) is 1. The second-order valence-electron chi connectivity index (χ2n) is 4.65. The molecule has 0 heterocycles. The number of ketones is 1. The van der Waals surface area contributed by atoms with E-state index >= 15 is 0 Å². The lowest BCUT2D eigenvalue weighted by molar-refractivity contribution is -0.147. The molecule has 2 aromatic rings. The first-order valence-corrected chi connectivity index (χ1v) is 6.55. The number of hydrogen-bond donors (Lipinski definition) is 1. The van der Waals surface area contributed by atoms with Crippen LogP contribution in [0.3, 0.4) is 0 Å².